The predicted octanol–water partition coefficient (Wildman–Crippen LogP) is 5.55. The minimum absolute atomic E-state index is 0.241. The van der Waals surface area contributed by atoms with Crippen LogP contribution in [0.1, 0.15) is 25.1 Å². The zero-order valence-corrected chi connectivity index (χ0v) is 17.0. The van der Waals surface area contributed by atoms with E-state index in [2.05, 4.69) is 23.6 Å². The second kappa shape index (κ2) is 6.95. The van der Waals surface area contributed by atoms with Gasteiger partial charge in [0.05, 0.1) is 25.6 Å². The predicted molar refractivity (Wildman–Crippen MR) is 110 cm³/mol. The van der Waals surface area contributed by atoms with Crippen molar-refractivity contribution in [2.45, 2.75) is 19.3 Å². The van der Waals surface area contributed by atoms with Crippen LogP contribution in [0.2, 0.25) is 0 Å². The fraction of sp³-hybridized carbons (Fsp3) is 0.227. The third-order valence-electron chi connectivity index (χ3n) is 5.08. The number of rotatable bonds is 5. The Morgan fingerprint density at radius 1 is 1.07 bits per heavy atom. The summed E-state index contributed by atoms with van der Waals surface area (Å²) < 4.78 is 26.7. The average Bonchev–Trinajstić information content (AvgIpc) is 3.29. The molecule has 0 atom stereocenters. The average molecular weight is 396 g/mol. The highest BCUT2D eigenvalue weighted by Gasteiger charge is 2.28. The summed E-state index contributed by atoms with van der Waals surface area (Å²) in [4.78, 5) is 5.70. The molecule has 28 heavy (non-hydrogen) atoms. The van der Waals surface area contributed by atoms with Gasteiger partial charge in [-0.1, -0.05) is 26.0 Å². The van der Waals surface area contributed by atoms with Crippen molar-refractivity contribution in [2.75, 3.05) is 14.2 Å². The van der Waals surface area contributed by atoms with Crippen molar-refractivity contribution in [3.8, 4) is 22.8 Å². The Morgan fingerprint density at radius 3 is 2.61 bits per heavy atom. The number of fused-ring (bicyclic) bond motifs is 1. The van der Waals surface area contributed by atoms with Gasteiger partial charge in [0.25, 0.3) is 0 Å². The first kappa shape index (κ1) is 18.5. The van der Waals surface area contributed by atoms with E-state index < -0.39 is 5.41 Å². The summed E-state index contributed by atoms with van der Waals surface area (Å²) in [5.41, 5.74) is 3.31. The van der Waals surface area contributed by atoms with Crippen molar-refractivity contribution < 1.29 is 13.9 Å². The highest BCUT2D eigenvalue weighted by Crippen LogP contribution is 2.38. The first-order chi connectivity index (χ1) is 13.4. The van der Waals surface area contributed by atoms with Crippen LogP contribution >= 0.6 is 11.3 Å². The summed E-state index contributed by atoms with van der Waals surface area (Å²) in [5.74, 6) is 1.24. The van der Waals surface area contributed by atoms with Gasteiger partial charge in [-0.05, 0) is 29.8 Å². The van der Waals surface area contributed by atoms with E-state index in [1.54, 1.807) is 37.7 Å². The van der Waals surface area contributed by atoms with Crippen LogP contribution in [0.25, 0.3) is 16.2 Å². The maximum atomic E-state index is 13.7. The molecule has 0 bridgehead atoms. The van der Waals surface area contributed by atoms with E-state index in [4.69, 9.17) is 14.5 Å². The Bertz CT molecular complexity index is 1150. The second-order valence-electron chi connectivity index (χ2n) is 7.10. The number of nitrogens with zero attached hydrogens (tertiary/aromatic N) is 2. The molecule has 0 aliphatic heterocycles. The standard InChI is InChI=1S/C22H21FN2O2S/c1-22(2,14-6-5-7-15(23)10-14)20-12-25-18(13-28-21(25)24-20)17-9-8-16(26-3)11-19(17)27-4/h5-13H,1-4H3. The minimum Gasteiger partial charge on any atom is -0.497 e. The monoisotopic (exact) mass is 396 g/mol. The summed E-state index contributed by atoms with van der Waals surface area (Å²) in [6.07, 6.45) is 2.02. The molecule has 0 spiro atoms. The lowest BCUT2D eigenvalue weighted by Crippen LogP contribution is -2.19. The van der Waals surface area contributed by atoms with Gasteiger partial charge >= 0.3 is 0 Å². The number of halogens is 1. The van der Waals surface area contributed by atoms with Crippen molar-refractivity contribution in [3.63, 3.8) is 0 Å². The third kappa shape index (κ3) is 3.03. The van der Waals surface area contributed by atoms with Gasteiger partial charge in [0.15, 0.2) is 4.96 Å². The Labute approximate surface area is 167 Å². The van der Waals surface area contributed by atoms with Gasteiger partial charge in [-0.25, -0.2) is 9.37 Å². The number of imidazole rings is 1. The number of hydrogen-bond acceptors (Lipinski definition) is 4. The normalized spacial score (nSPS) is 11.8. The Morgan fingerprint density at radius 2 is 1.89 bits per heavy atom. The van der Waals surface area contributed by atoms with E-state index in [0.717, 1.165) is 39.0 Å². The molecule has 0 amide bonds. The summed E-state index contributed by atoms with van der Waals surface area (Å²) >= 11 is 1.56. The van der Waals surface area contributed by atoms with E-state index >= 15 is 0 Å². The van der Waals surface area contributed by atoms with Crippen LogP contribution in [-0.4, -0.2) is 23.6 Å². The van der Waals surface area contributed by atoms with Crippen molar-refractivity contribution in [1.82, 2.24) is 9.38 Å². The lowest BCUT2D eigenvalue weighted by molar-refractivity contribution is 0.395. The van der Waals surface area contributed by atoms with Crippen LogP contribution in [-0.2, 0) is 5.41 Å². The third-order valence-corrected chi connectivity index (χ3v) is 5.92. The van der Waals surface area contributed by atoms with E-state index in [-0.39, 0.29) is 5.82 Å². The molecular formula is C22H21FN2O2S. The molecule has 0 fully saturated rings. The van der Waals surface area contributed by atoms with Crippen LogP contribution in [0, 0.1) is 5.82 Å². The molecule has 4 rings (SSSR count). The van der Waals surface area contributed by atoms with Gasteiger partial charge in [-0.2, -0.15) is 0 Å². The molecule has 0 aliphatic rings. The maximum Gasteiger partial charge on any atom is 0.194 e. The van der Waals surface area contributed by atoms with Crippen molar-refractivity contribution in [1.29, 1.82) is 0 Å². The number of methoxy groups -OCH3 is 2. The van der Waals surface area contributed by atoms with Gasteiger partial charge in [-0.3, -0.25) is 4.40 Å². The molecular weight excluding hydrogens is 375 g/mol. The molecule has 0 saturated carbocycles. The number of benzene rings is 2. The zero-order valence-electron chi connectivity index (χ0n) is 16.2. The molecule has 144 valence electrons. The van der Waals surface area contributed by atoms with Gasteiger partial charge in [-0.15, -0.1) is 11.3 Å². The minimum atomic E-state index is -0.422. The van der Waals surface area contributed by atoms with Crippen LogP contribution < -0.4 is 9.47 Å². The molecule has 4 aromatic rings. The molecule has 0 unspecified atom stereocenters. The summed E-state index contributed by atoms with van der Waals surface area (Å²) in [7, 11) is 3.28. The molecule has 2 aromatic heterocycles. The number of hydrogen-bond donors (Lipinski definition) is 0. The zero-order chi connectivity index (χ0) is 19.9. The molecule has 0 radical (unpaired) electrons. The van der Waals surface area contributed by atoms with Crippen molar-refractivity contribution in [3.05, 3.63) is 71.1 Å². The number of ether oxygens (including phenoxy) is 2. The van der Waals surface area contributed by atoms with Gasteiger partial charge < -0.3 is 9.47 Å². The molecule has 0 saturated heterocycles. The van der Waals surface area contributed by atoms with Gasteiger partial charge in [0.1, 0.15) is 17.3 Å². The Balaban J connectivity index is 1.82. The van der Waals surface area contributed by atoms with E-state index in [9.17, 15) is 4.39 Å². The van der Waals surface area contributed by atoms with E-state index in [1.807, 2.05) is 30.5 Å². The van der Waals surface area contributed by atoms with E-state index in [0.29, 0.717) is 0 Å². The fourth-order valence-electron chi connectivity index (χ4n) is 3.31. The molecule has 2 aromatic carbocycles. The first-order valence-electron chi connectivity index (χ1n) is 8.89. The first-order valence-corrected chi connectivity index (χ1v) is 9.77. The Kier molecular flexibility index (Phi) is 4.59. The maximum absolute atomic E-state index is 13.7. The van der Waals surface area contributed by atoms with Crippen molar-refractivity contribution in [2.24, 2.45) is 0 Å². The Hall–Kier alpha value is -2.86. The van der Waals surface area contributed by atoms with Crippen molar-refractivity contribution >= 4 is 16.3 Å². The van der Waals surface area contributed by atoms with Gasteiger partial charge in [0.2, 0.25) is 0 Å². The van der Waals surface area contributed by atoms with Crippen LogP contribution in [0.15, 0.2) is 54.0 Å². The lowest BCUT2D eigenvalue weighted by Gasteiger charge is -2.23. The number of thiazole rings is 1. The second-order valence-corrected chi connectivity index (χ2v) is 7.94. The summed E-state index contributed by atoms with van der Waals surface area (Å²) in [6.45, 7) is 4.11. The largest absolute Gasteiger partial charge is 0.497 e. The molecule has 6 heteroatoms. The fourth-order valence-corrected chi connectivity index (χ4v) is 4.19. The molecule has 0 aliphatic carbocycles. The van der Waals surface area contributed by atoms with Crippen LogP contribution in [0.4, 0.5) is 4.39 Å². The summed E-state index contributed by atoms with van der Waals surface area (Å²) in [5, 5.41) is 2.06. The van der Waals surface area contributed by atoms with E-state index in [1.165, 1.54) is 6.07 Å². The smallest absolute Gasteiger partial charge is 0.194 e. The topological polar surface area (TPSA) is 35.8 Å². The highest BCUT2D eigenvalue weighted by atomic mass is 32.1. The molecule has 4 nitrogen and oxygen atoms in total. The molecule has 2 heterocycles. The van der Waals surface area contributed by atoms with Crippen LogP contribution in [0.3, 0.4) is 0 Å². The number of aromatic nitrogens is 2. The molecule has 0 N–H and O–H groups in total. The SMILES string of the molecule is COc1ccc(-c2csc3nc(C(C)(C)c4cccc(F)c4)cn23)c(OC)c1. The lowest BCUT2D eigenvalue weighted by atomic mass is 9.82. The summed E-state index contributed by atoms with van der Waals surface area (Å²) in [6, 6.07) is 12.5. The van der Waals surface area contributed by atoms with Gasteiger partial charge in [0, 0.05) is 28.6 Å². The van der Waals surface area contributed by atoms with Crippen LogP contribution in [0.5, 0.6) is 11.5 Å². The highest BCUT2D eigenvalue weighted by molar-refractivity contribution is 7.15. The quantitative estimate of drug-likeness (QED) is 0.444.